The number of hydrogen-bond acceptors (Lipinski definition) is 7. The number of hydrogen-bond donors (Lipinski definition) is 1. The molecule has 1 aromatic heterocycles. The van der Waals surface area contributed by atoms with Gasteiger partial charge in [-0.25, -0.2) is 4.98 Å². The van der Waals surface area contributed by atoms with Crippen molar-refractivity contribution in [3.63, 3.8) is 0 Å². The zero-order valence-electron chi connectivity index (χ0n) is 12.7. The molecule has 0 bridgehead atoms. The van der Waals surface area contributed by atoms with Crippen LogP contribution in [0.1, 0.15) is 18.2 Å². The molecule has 0 saturated carbocycles. The summed E-state index contributed by atoms with van der Waals surface area (Å²) < 4.78 is 10.0. The van der Waals surface area contributed by atoms with Crippen LogP contribution in [0.15, 0.2) is 28.7 Å². The van der Waals surface area contributed by atoms with Gasteiger partial charge in [-0.15, -0.1) is 11.3 Å². The summed E-state index contributed by atoms with van der Waals surface area (Å²) in [5.41, 5.74) is 4.18. The van der Waals surface area contributed by atoms with Gasteiger partial charge in [-0.1, -0.05) is 23.7 Å². The molecule has 23 heavy (non-hydrogen) atoms. The second kappa shape index (κ2) is 8.50. The SMILES string of the molecule is CCOC(=O)Cc1csc(NN=Cc2cccc(OC)c2Cl)n1. The number of halogens is 1. The van der Waals surface area contributed by atoms with Crippen LogP contribution in [0.2, 0.25) is 5.02 Å². The molecule has 0 radical (unpaired) electrons. The Morgan fingerprint density at radius 1 is 1.52 bits per heavy atom. The molecule has 2 rings (SSSR count). The summed E-state index contributed by atoms with van der Waals surface area (Å²) in [7, 11) is 1.56. The largest absolute Gasteiger partial charge is 0.495 e. The van der Waals surface area contributed by atoms with Gasteiger partial charge in [-0.3, -0.25) is 10.2 Å². The van der Waals surface area contributed by atoms with Crippen LogP contribution in [-0.2, 0) is 16.0 Å². The van der Waals surface area contributed by atoms with Crippen LogP contribution in [0.4, 0.5) is 5.13 Å². The van der Waals surface area contributed by atoms with Gasteiger partial charge in [0, 0.05) is 10.9 Å². The number of anilines is 1. The molecule has 122 valence electrons. The number of benzene rings is 1. The van der Waals surface area contributed by atoms with Crippen molar-refractivity contribution >= 4 is 40.3 Å². The Labute approximate surface area is 143 Å². The van der Waals surface area contributed by atoms with Crippen molar-refractivity contribution in [3.05, 3.63) is 39.9 Å². The third kappa shape index (κ3) is 4.94. The lowest BCUT2D eigenvalue weighted by Crippen LogP contribution is -2.07. The maximum atomic E-state index is 11.4. The highest BCUT2D eigenvalue weighted by Crippen LogP contribution is 2.26. The van der Waals surface area contributed by atoms with E-state index in [0.717, 1.165) is 5.56 Å². The molecule has 0 atom stereocenters. The monoisotopic (exact) mass is 353 g/mol. The van der Waals surface area contributed by atoms with Crippen molar-refractivity contribution in [3.8, 4) is 5.75 Å². The van der Waals surface area contributed by atoms with Gasteiger partial charge in [-0.05, 0) is 13.0 Å². The lowest BCUT2D eigenvalue weighted by molar-refractivity contribution is -0.142. The molecular formula is C15H16ClN3O3S. The third-order valence-electron chi connectivity index (χ3n) is 2.76. The Hall–Kier alpha value is -2.12. The maximum absolute atomic E-state index is 11.4. The number of carbonyl (C=O) groups excluding carboxylic acids is 1. The number of methoxy groups -OCH3 is 1. The molecule has 1 aromatic carbocycles. The van der Waals surface area contributed by atoms with Gasteiger partial charge in [0.15, 0.2) is 0 Å². The molecule has 2 aromatic rings. The predicted octanol–water partition coefficient (Wildman–Crippen LogP) is 3.36. The summed E-state index contributed by atoms with van der Waals surface area (Å²) in [6.45, 7) is 2.13. The average molecular weight is 354 g/mol. The van der Waals surface area contributed by atoms with Crippen LogP contribution in [0.25, 0.3) is 0 Å². The molecule has 6 nitrogen and oxygen atoms in total. The summed E-state index contributed by atoms with van der Waals surface area (Å²) in [6, 6.07) is 5.42. The Kier molecular flexibility index (Phi) is 6.37. The lowest BCUT2D eigenvalue weighted by Gasteiger charge is -2.04. The molecule has 1 N–H and O–H groups in total. The van der Waals surface area contributed by atoms with E-state index in [9.17, 15) is 4.79 Å². The van der Waals surface area contributed by atoms with E-state index in [-0.39, 0.29) is 12.4 Å². The Morgan fingerprint density at radius 2 is 2.35 bits per heavy atom. The van der Waals surface area contributed by atoms with Gasteiger partial charge < -0.3 is 9.47 Å². The van der Waals surface area contributed by atoms with Crippen molar-refractivity contribution in [1.29, 1.82) is 0 Å². The fourth-order valence-electron chi connectivity index (χ4n) is 1.74. The normalized spacial score (nSPS) is 10.7. The molecule has 0 aliphatic rings. The van der Waals surface area contributed by atoms with Crippen molar-refractivity contribution in [2.75, 3.05) is 19.1 Å². The number of aromatic nitrogens is 1. The van der Waals surface area contributed by atoms with Gasteiger partial charge in [0.25, 0.3) is 0 Å². The smallest absolute Gasteiger partial charge is 0.311 e. The van der Waals surface area contributed by atoms with E-state index in [1.807, 2.05) is 12.1 Å². The van der Waals surface area contributed by atoms with Crippen LogP contribution >= 0.6 is 22.9 Å². The average Bonchev–Trinajstić information content (AvgIpc) is 2.96. The van der Waals surface area contributed by atoms with Crippen molar-refractivity contribution in [1.82, 2.24) is 4.98 Å². The van der Waals surface area contributed by atoms with Crippen LogP contribution in [-0.4, -0.2) is 30.9 Å². The predicted molar refractivity (Wildman–Crippen MR) is 91.7 cm³/mol. The minimum atomic E-state index is -0.295. The van der Waals surface area contributed by atoms with E-state index >= 15 is 0 Å². The molecule has 0 aliphatic heterocycles. The standard InChI is InChI=1S/C15H16ClN3O3S/c1-3-22-13(20)7-11-9-23-15(18-11)19-17-8-10-5-4-6-12(21-2)14(10)16/h4-6,8-9H,3,7H2,1-2H3,(H,18,19). The molecule has 0 unspecified atom stereocenters. The topological polar surface area (TPSA) is 72.8 Å². The highest BCUT2D eigenvalue weighted by atomic mass is 35.5. The van der Waals surface area contributed by atoms with E-state index < -0.39 is 0 Å². The Morgan fingerprint density at radius 3 is 3.09 bits per heavy atom. The molecular weight excluding hydrogens is 338 g/mol. The van der Waals surface area contributed by atoms with Gasteiger partial charge in [0.2, 0.25) is 5.13 Å². The number of hydrazone groups is 1. The molecule has 0 spiro atoms. The molecule has 1 heterocycles. The van der Waals surface area contributed by atoms with Crippen molar-refractivity contribution in [2.45, 2.75) is 13.3 Å². The fourth-order valence-corrected chi connectivity index (χ4v) is 2.65. The number of rotatable bonds is 7. The summed E-state index contributed by atoms with van der Waals surface area (Å²) in [4.78, 5) is 15.6. The second-order valence-corrected chi connectivity index (χ2v) is 5.60. The van der Waals surface area contributed by atoms with E-state index in [4.69, 9.17) is 21.1 Å². The summed E-state index contributed by atoms with van der Waals surface area (Å²) in [5, 5.41) is 6.95. The molecule has 0 amide bonds. The third-order valence-corrected chi connectivity index (χ3v) is 3.96. The van der Waals surface area contributed by atoms with Gasteiger partial charge in [0.05, 0.1) is 37.1 Å². The molecule has 0 saturated heterocycles. The van der Waals surface area contributed by atoms with E-state index in [2.05, 4.69) is 15.5 Å². The molecule has 8 heteroatoms. The first-order valence-electron chi connectivity index (χ1n) is 6.85. The highest BCUT2D eigenvalue weighted by Gasteiger charge is 2.08. The van der Waals surface area contributed by atoms with E-state index in [1.54, 1.807) is 31.7 Å². The van der Waals surface area contributed by atoms with Crippen LogP contribution in [0.5, 0.6) is 5.75 Å². The first-order chi connectivity index (χ1) is 11.1. The minimum absolute atomic E-state index is 0.150. The molecule has 0 aliphatic carbocycles. The summed E-state index contributed by atoms with van der Waals surface area (Å²) in [6.07, 6.45) is 1.73. The van der Waals surface area contributed by atoms with Crippen LogP contribution in [0, 0.1) is 0 Å². The number of nitrogens with zero attached hydrogens (tertiary/aromatic N) is 2. The first-order valence-corrected chi connectivity index (χ1v) is 8.11. The lowest BCUT2D eigenvalue weighted by atomic mass is 10.2. The molecule has 0 fully saturated rings. The Balaban J connectivity index is 1.96. The van der Waals surface area contributed by atoms with Gasteiger partial charge in [-0.2, -0.15) is 5.10 Å². The van der Waals surface area contributed by atoms with Crippen LogP contribution < -0.4 is 10.2 Å². The number of ether oxygens (including phenoxy) is 2. The van der Waals surface area contributed by atoms with E-state index in [0.29, 0.717) is 28.2 Å². The first kappa shape index (κ1) is 17.2. The van der Waals surface area contributed by atoms with Gasteiger partial charge in [0.1, 0.15) is 5.75 Å². The van der Waals surface area contributed by atoms with E-state index in [1.165, 1.54) is 11.3 Å². The van der Waals surface area contributed by atoms with Gasteiger partial charge >= 0.3 is 5.97 Å². The number of nitrogens with one attached hydrogen (secondary N) is 1. The van der Waals surface area contributed by atoms with Crippen molar-refractivity contribution in [2.24, 2.45) is 5.10 Å². The fraction of sp³-hybridized carbons (Fsp3) is 0.267. The zero-order valence-corrected chi connectivity index (χ0v) is 14.3. The maximum Gasteiger partial charge on any atom is 0.311 e. The van der Waals surface area contributed by atoms with Crippen LogP contribution in [0.3, 0.4) is 0 Å². The quantitative estimate of drug-likeness (QED) is 0.469. The minimum Gasteiger partial charge on any atom is -0.495 e. The summed E-state index contributed by atoms with van der Waals surface area (Å²) in [5.74, 6) is 0.289. The Bertz CT molecular complexity index is 703. The zero-order chi connectivity index (χ0) is 16.7. The summed E-state index contributed by atoms with van der Waals surface area (Å²) >= 11 is 7.53. The second-order valence-electron chi connectivity index (χ2n) is 4.36. The number of thiazole rings is 1. The van der Waals surface area contributed by atoms with Crippen molar-refractivity contribution < 1.29 is 14.3 Å². The number of carbonyl (C=O) groups is 1. The number of esters is 1. The highest BCUT2D eigenvalue weighted by molar-refractivity contribution is 7.13.